The lowest BCUT2D eigenvalue weighted by Crippen LogP contribution is -2.15. The van der Waals surface area contributed by atoms with Gasteiger partial charge in [-0.25, -0.2) is 9.59 Å². The Labute approximate surface area is 214 Å². The molecule has 1 atom stereocenters. The summed E-state index contributed by atoms with van der Waals surface area (Å²) in [5.74, 6) is -0.0323. The minimum absolute atomic E-state index is 0.293. The number of carbonyl (C=O) groups is 2. The Kier molecular flexibility index (Phi) is 18.7. The van der Waals surface area contributed by atoms with Gasteiger partial charge in [-0.1, -0.05) is 109 Å². The van der Waals surface area contributed by atoms with Crippen LogP contribution in [0.1, 0.15) is 138 Å². The minimum atomic E-state index is -0.444. The van der Waals surface area contributed by atoms with E-state index in [1.807, 2.05) is 0 Å². The number of unbranched alkanes of at least 4 members (excludes halogenated alkanes) is 10. The van der Waals surface area contributed by atoms with E-state index in [1.165, 1.54) is 70.6 Å². The summed E-state index contributed by atoms with van der Waals surface area (Å²) >= 11 is 0. The van der Waals surface area contributed by atoms with Gasteiger partial charge in [0.25, 0.3) is 0 Å². The number of ether oxygens (including phenoxy) is 2. The third-order valence-corrected chi connectivity index (χ3v) is 6.32. The van der Waals surface area contributed by atoms with Crippen molar-refractivity contribution in [2.75, 3.05) is 13.2 Å². The van der Waals surface area contributed by atoms with Gasteiger partial charge in [-0.2, -0.15) is 0 Å². The summed E-state index contributed by atoms with van der Waals surface area (Å²) in [4.78, 5) is 24.7. The summed E-state index contributed by atoms with van der Waals surface area (Å²) in [7, 11) is 0. The number of benzene rings is 1. The van der Waals surface area contributed by atoms with Crippen molar-refractivity contribution in [1.82, 2.24) is 0 Å². The Balaban J connectivity index is 0.000000744. The molecule has 1 aliphatic rings. The normalized spacial score (nSPS) is 14.7. The number of rotatable bonds is 16. The van der Waals surface area contributed by atoms with E-state index in [0.717, 1.165) is 31.6 Å². The lowest BCUT2D eigenvalue weighted by molar-refractivity contribution is 0.0450. The summed E-state index contributed by atoms with van der Waals surface area (Å²) in [6.45, 7) is 7.45. The van der Waals surface area contributed by atoms with Crippen molar-refractivity contribution in [3.05, 3.63) is 47.5 Å². The number of carbonyl (C=O) groups excluding carboxylic acids is 2. The molecule has 0 aromatic heterocycles. The molecule has 0 saturated carbocycles. The zero-order valence-corrected chi connectivity index (χ0v) is 22.7. The molecule has 0 bridgehead atoms. The molecule has 0 N–H and O–H groups in total. The standard InChI is InChI=1S/C24H38O4.C7H12/c1-3-5-7-9-11-15-19-27-23(25)21-17-13-14-18-22(21)24(26)28-20-16-12-10-8-6-4-2;1-7-5-3-2-4-6-7/h13-14,17-18H,3-12,15-16,19-20H2,1-2H3;3,5,7H,2,4,6H2,1H3. The van der Waals surface area contributed by atoms with Crippen LogP contribution in [0, 0.1) is 5.92 Å². The van der Waals surface area contributed by atoms with Crippen LogP contribution in [-0.4, -0.2) is 25.2 Å². The predicted molar refractivity (Wildman–Crippen MR) is 146 cm³/mol. The fourth-order valence-corrected chi connectivity index (χ4v) is 4.07. The highest BCUT2D eigenvalue weighted by Gasteiger charge is 2.18. The number of allylic oxidation sites excluding steroid dienone is 2. The molecule has 1 unspecified atom stereocenters. The van der Waals surface area contributed by atoms with Crippen LogP contribution in [0.3, 0.4) is 0 Å². The van der Waals surface area contributed by atoms with Crippen LogP contribution in [0.15, 0.2) is 36.4 Å². The van der Waals surface area contributed by atoms with Crippen molar-refractivity contribution in [3.8, 4) is 0 Å². The minimum Gasteiger partial charge on any atom is -0.462 e. The summed E-state index contributed by atoms with van der Waals surface area (Å²) < 4.78 is 10.7. The molecule has 198 valence electrons. The highest BCUT2D eigenvalue weighted by molar-refractivity contribution is 6.03. The van der Waals surface area contributed by atoms with E-state index in [-0.39, 0.29) is 0 Å². The van der Waals surface area contributed by atoms with Gasteiger partial charge >= 0.3 is 11.9 Å². The van der Waals surface area contributed by atoms with E-state index in [4.69, 9.17) is 9.47 Å². The Hall–Kier alpha value is -2.10. The third kappa shape index (κ3) is 15.5. The van der Waals surface area contributed by atoms with Crippen LogP contribution in [-0.2, 0) is 9.47 Å². The smallest absolute Gasteiger partial charge is 0.339 e. The van der Waals surface area contributed by atoms with Crippen LogP contribution < -0.4 is 0 Å². The first-order valence-corrected chi connectivity index (χ1v) is 14.2. The highest BCUT2D eigenvalue weighted by Crippen LogP contribution is 2.15. The first kappa shape index (κ1) is 30.9. The molecular formula is C31H50O4. The molecular weight excluding hydrogens is 436 g/mol. The monoisotopic (exact) mass is 486 g/mol. The fraction of sp³-hybridized carbons (Fsp3) is 0.677. The quantitative estimate of drug-likeness (QED) is 0.133. The van der Waals surface area contributed by atoms with E-state index < -0.39 is 11.9 Å². The molecule has 1 aromatic rings. The second-order valence-electron chi connectivity index (χ2n) is 9.69. The Morgan fingerprint density at radius 3 is 1.57 bits per heavy atom. The molecule has 2 rings (SSSR count). The van der Waals surface area contributed by atoms with Crippen molar-refractivity contribution in [2.24, 2.45) is 5.92 Å². The van der Waals surface area contributed by atoms with Crippen LogP contribution in [0.25, 0.3) is 0 Å². The molecule has 4 heteroatoms. The second-order valence-corrected chi connectivity index (χ2v) is 9.69. The molecule has 0 amide bonds. The molecule has 1 aromatic carbocycles. The lowest BCUT2D eigenvalue weighted by atomic mass is 9.98. The van der Waals surface area contributed by atoms with Gasteiger partial charge in [0.15, 0.2) is 0 Å². The summed E-state index contributed by atoms with van der Waals surface area (Å²) in [6.07, 6.45) is 22.3. The number of hydrogen-bond donors (Lipinski definition) is 0. The second kappa shape index (κ2) is 21.2. The van der Waals surface area contributed by atoms with Gasteiger partial charge in [-0.15, -0.1) is 0 Å². The Morgan fingerprint density at radius 2 is 1.20 bits per heavy atom. The van der Waals surface area contributed by atoms with Gasteiger partial charge in [-0.05, 0) is 50.2 Å². The predicted octanol–water partition coefficient (Wildman–Crippen LogP) is 9.08. The maximum Gasteiger partial charge on any atom is 0.339 e. The Bertz CT molecular complexity index is 661. The van der Waals surface area contributed by atoms with E-state index in [2.05, 4.69) is 32.9 Å². The summed E-state index contributed by atoms with van der Waals surface area (Å²) in [5, 5.41) is 0. The van der Waals surface area contributed by atoms with Crippen molar-refractivity contribution in [3.63, 3.8) is 0 Å². The molecule has 0 aliphatic heterocycles. The van der Waals surface area contributed by atoms with E-state index >= 15 is 0 Å². The molecule has 35 heavy (non-hydrogen) atoms. The van der Waals surface area contributed by atoms with Gasteiger partial charge in [-0.3, -0.25) is 0 Å². The summed E-state index contributed by atoms with van der Waals surface area (Å²) in [5.41, 5.74) is 0.586. The topological polar surface area (TPSA) is 52.6 Å². The van der Waals surface area contributed by atoms with Gasteiger partial charge in [0, 0.05) is 0 Å². The molecule has 1 aliphatic carbocycles. The molecule has 4 nitrogen and oxygen atoms in total. The van der Waals surface area contributed by atoms with E-state index in [9.17, 15) is 9.59 Å². The molecule has 0 saturated heterocycles. The highest BCUT2D eigenvalue weighted by atomic mass is 16.5. The van der Waals surface area contributed by atoms with E-state index in [0.29, 0.717) is 24.3 Å². The number of hydrogen-bond acceptors (Lipinski definition) is 4. The van der Waals surface area contributed by atoms with E-state index in [1.54, 1.807) is 24.3 Å². The summed E-state index contributed by atoms with van der Waals surface area (Å²) in [6, 6.07) is 6.74. The van der Waals surface area contributed by atoms with Gasteiger partial charge < -0.3 is 9.47 Å². The van der Waals surface area contributed by atoms with Gasteiger partial charge in [0.2, 0.25) is 0 Å². The average Bonchev–Trinajstić information content (AvgIpc) is 2.88. The first-order chi connectivity index (χ1) is 17.1. The lowest BCUT2D eigenvalue weighted by Gasteiger charge is -2.10. The zero-order valence-electron chi connectivity index (χ0n) is 22.7. The largest absolute Gasteiger partial charge is 0.462 e. The van der Waals surface area contributed by atoms with Crippen molar-refractivity contribution < 1.29 is 19.1 Å². The SMILES string of the molecule is CC1C=CCCC1.CCCCCCCCOC(=O)c1ccccc1C(=O)OCCCCCCCC. The van der Waals surface area contributed by atoms with Crippen molar-refractivity contribution in [2.45, 2.75) is 117 Å². The third-order valence-electron chi connectivity index (χ3n) is 6.32. The fourth-order valence-electron chi connectivity index (χ4n) is 4.07. The Morgan fingerprint density at radius 1 is 0.743 bits per heavy atom. The van der Waals surface area contributed by atoms with Gasteiger partial charge in [0.05, 0.1) is 24.3 Å². The average molecular weight is 487 g/mol. The first-order valence-electron chi connectivity index (χ1n) is 14.2. The van der Waals surface area contributed by atoms with Crippen molar-refractivity contribution in [1.29, 1.82) is 0 Å². The van der Waals surface area contributed by atoms with Crippen LogP contribution in [0.4, 0.5) is 0 Å². The maximum absolute atomic E-state index is 12.4. The van der Waals surface area contributed by atoms with Gasteiger partial charge in [0.1, 0.15) is 0 Å². The molecule has 0 heterocycles. The van der Waals surface area contributed by atoms with Crippen LogP contribution in [0.2, 0.25) is 0 Å². The number of esters is 2. The molecule has 0 spiro atoms. The maximum atomic E-state index is 12.4. The van der Waals surface area contributed by atoms with Crippen LogP contribution >= 0.6 is 0 Å². The van der Waals surface area contributed by atoms with Crippen molar-refractivity contribution >= 4 is 11.9 Å². The zero-order chi connectivity index (χ0) is 25.6. The van der Waals surface area contributed by atoms with Crippen LogP contribution in [0.5, 0.6) is 0 Å². The molecule has 0 fully saturated rings. The molecule has 0 radical (unpaired) electrons.